The van der Waals surface area contributed by atoms with E-state index in [0.29, 0.717) is 33.6 Å². The fourth-order valence-electron chi connectivity index (χ4n) is 5.00. The van der Waals surface area contributed by atoms with E-state index in [-0.39, 0.29) is 32.0 Å². The van der Waals surface area contributed by atoms with Gasteiger partial charge in [0.15, 0.2) is 0 Å². The van der Waals surface area contributed by atoms with E-state index in [2.05, 4.69) is 47.4 Å². The van der Waals surface area contributed by atoms with Gasteiger partial charge in [0.25, 0.3) is 0 Å². The van der Waals surface area contributed by atoms with Crippen molar-refractivity contribution in [3.8, 4) is 47.4 Å². The number of sulfone groups is 1. The van der Waals surface area contributed by atoms with Crippen molar-refractivity contribution in [2.24, 2.45) is 0 Å². The lowest BCUT2D eigenvalue weighted by Gasteiger charge is -2.15. The van der Waals surface area contributed by atoms with Gasteiger partial charge in [-0.25, -0.2) is 8.42 Å². The molecule has 4 N–H and O–H groups in total. The Labute approximate surface area is 287 Å². The second-order valence-electron chi connectivity index (χ2n) is 10.9. The Hall–Kier alpha value is -6.89. The molecule has 0 amide bonds. The Morgan fingerprint density at radius 2 is 0.571 bits per heavy atom. The van der Waals surface area contributed by atoms with Crippen LogP contribution in [-0.2, 0) is 9.84 Å². The zero-order valence-corrected chi connectivity index (χ0v) is 27.1. The van der Waals surface area contributed by atoms with Gasteiger partial charge < -0.3 is 11.5 Å². The monoisotopic (exact) mass is 648 g/mol. The van der Waals surface area contributed by atoms with Crippen molar-refractivity contribution in [3.63, 3.8) is 0 Å². The highest BCUT2D eigenvalue weighted by Crippen LogP contribution is 2.34. The van der Waals surface area contributed by atoms with Gasteiger partial charge in [-0.1, -0.05) is 120 Å². The zero-order valence-electron chi connectivity index (χ0n) is 26.2. The van der Waals surface area contributed by atoms with Gasteiger partial charge in [0.1, 0.15) is 9.79 Å². The van der Waals surface area contributed by atoms with Crippen LogP contribution in [0.3, 0.4) is 0 Å². The molecule has 0 saturated carbocycles. The smallest absolute Gasteiger partial charge is 0.211 e. The summed E-state index contributed by atoms with van der Waals surface area (Å²) >= 11 is 0. The van der Waals surface area contributed by atoms with Gasteiger partial charge in [0.2, 0.25) is 9.84 Å². The minimum absolute atomic E-state index is 0.0937. The molecule has 0 unspecified atom stereocenters. The summed E-state index contributed by atoms with van der Waals surface area (Å²) in [5.74, 6) is 24.7. The predicted molar refractivity (Wildman–Crippen MR) is 197 cm³/mol. The summed E-state index contributed by atoms with van der Waals surface area (Å²) in [6.45, 7) is 0. The molecular weight excluding hydrogens is 621 g/mol. The molecule has 6 rings (SSSR count). The Kier molecular flexibility index (Phi) is 9.61. The van der Waals surface area contributed by atoms with E-state index in [1.165, 1.54) is 0 Å². The molecule has 0 spiro atoms. The minimum atomic E-state index is -4.43. The molecule has 0 fully saturated rings. The van der Waals surface area contributed by atoms with Crippen LogP contribution in [0.1, 0.15) is 44.5 Å². The Morgan fingerprint density at radius 1 is 0.347 bits per heavy atom. The van der Waals surface area contributed by atoms with Crippen molar-refractivity contribution in [1.29, 1.82) is 0 Å². The van der Waals surface area contributed by atoms with Crippen molar-refractivity contribution >= 4 is 21.2 Å². The van der Waals surface area contributed by atoms with Crippen molar-refractivity contribution in [3.05, 3.63) is 190 Å². The molecule has 232 valence electrons. The van der Waals surface area contributed by atoms with E-state index in [4.69, 9.17) is 11.5 Å². The first kappa shape index (κ1) is 32.1. The van der Waals surface area contributed by atoms with Crippen LogP contribution in [0.15, 0.2) is 155 Å². The van der Waals surface area contributed by atoms with E-state index in [9.17, 15) is 0 Å². The second-order valence-corrected chi connectivity index (χ2v) is 12.7. The molecule has 0 aliphatic carbocycles. The lowest BCUT2D eigenvalue weighted by atomic mass is 10.1. The number of anilines is 2. The maximum atomic E-state index is 15.2. The van der Waals surface area contributed by atoms with Crippen molar-refractivity contribution in [1.82, 2.24) is 0 Å². The van der Waals surface area contributed by atoms with Gasteiger partial charge in [0.05, 0.1) is 0 Å². The van der Waals surface area contributed by atoms with Crippen LogP contribution < -0.4 is 11.5 Å². The quantitative estimate of drug-likeness (QED) is 0.153. The van der Waals surface area contributed by atoms with E-state index in [0.717, 1.165) is 0 Å². The van der Waals surface area contributed by atoms with E-state index in [1.54, 1.807) is 24.3 Å². The Morgan fingerprint density at radius 3 is 0.796 bits per heavy atom. The molecule has 0 bridgehead atoms. The number of nitrogens with two attached hydrogens (primary N) is 2. The third-order valence-electron chi connectivity index (χ3n) is 7.22. The highest BCUT2D eigenvalue weighted by atomic mass is 32.2. The SMILES string of the molecule is Nc1cc(C#Cc2ccccc2)c(S(=O)(=O)c2c(C#Cc3ccccc3)cc(N)cc2C#Cc2ccccc2)c(C#Cc2ccccc2)c1. The van der Waals surface area contributed by atoms with Crippen LogP contribution in [0.2, 0.25) is 0 Å². The van der Waals surface area contributed by atoms with Crippen LogP contribution >= 0.6 is 0 Å². The third-order valence-corrected chi connectivity index (χ3v) is 9.18. The molecule has 0 atom stereocenters. The van der Waals surface area contributed by atoms with E-state index in [1.807, 2.05) is 121 Å². The van der Waals surface area contributed by atoms with Gasteiger partial charge in [-0.3, -0.25) is 0 Å². The van der Waals surface area contributed by atoms with E-state index >= 15 is 8.42 Å². The van der Waals surface area contributed by atoms with Crippen LogP contribution in [0.5, 0.6) is 0 Å². The normalized spacial score (nSPS) is 10.1. The molecule has 0 radical (unpaired) electrons. The number of benzene rings is 6. The summed E-state index contributed by atoms with van der Waals surface area (Å²) in [7, 11) is -4.43. The first-order valence-corrected chi connectivity index (χ1v) is 16.8. The molecule has 0 heterocycles. The second kappa shape index (κ2) is 14.7. The third kappa shape index (κ3) is 7.92. The maximum Gasteiger partial charge on any atom is 0.211 e. The predicted octanol–water partition coefficient (Wildman–Crippen LogP) is 7.28. The van der Waals surface area contributed by atoms with Gasteiger partial charge in [0, 0.05) is 55.9 Å². The molecule has 5 heteroatoms. The van der Waals surface area contributed by atoms with E-state index < -0.39 is 9.84 Å². The first-order valence-electron chi connectivity index (χ1n) is 15.3. The molecule has 49 heavy (non-hydrogen) atoms. The summed E-state index contributed by atoms with van der Waals surface area (Å²) in [6, 6.07) is 43.4. The van der Waals surface area contributed by atoms with Crippen LogP contribution in [-0.4, -0.2) is 8.42 Å². The number of hydrogen-bond acceptors (Lipinski definition) is 4. The van der Waals surface area contributed by atoms with Crippen LogP contribution in [0.4, 0.5) is 11.4 Å². The molecule has 0 aromatic heterocycles. The highest BCUT2D eigenvalue weighted by Gasteiger charge is 2.30. The summed E-state index contributed by atoms with van der Waals surface area (Å²) in [5, 5.41) is 0. The summed E-state index contributed by atoms with van der Waals surface area (Å²) in [5.41, 5.74) is 17.0. The number of hydrogen-bond donors (Lipinski definition) is 2. The Balaban J connectivity index is 1.66. The molecule has 6 aromatic rings. The topological polar surface area (TPSA) is 86.2 Å². The van der Waals surface area contributed by atoms with Gasteiger partial charge in [-0.2, -0.15) is 0 Å². The standard InChI is InChI=1S/C44H28N2O2S/c45-41-29-37(25-21-33-13-5-1-6-14-33)43(38(30-41)26-22-34-15-7-2-8-16-34)49(47,48)44-39(27-23-35-17-9-3-10-18-35)31-42(46)32-40(44)28-24-36-19-11-4-12-20-36/h1-20,29-32H,45-46H2. The first-order chi connectivity index (χ1) is 23.9. The van der Waals surface area contributed by atoms with Crippen molar-refractivity contribution in [2.75, 3.05) is 11.5 Å². The summed E-state index contributed by atoms with van der Waals surface area (Å²) < 4.78 is 30.5. The van der Waals surface area contributed by atoms with Gasteiger partial charge in [-0.05, 0) is 72.8 Å². The molecular formula is C44H28N2O2S. The fourth-order valence-corrected chi connectivity index (χ4v) is 6.80. The van der Waals surface area contributed by atoms with Crippen LogP contribution in [0, 0.1) is 47.4 Å². The van der Waals surface area contributed by atoms with Crippen LogP contribution in [0.25, 0.3) is 0 Å². The molecule has 4 nitrogen and oxygen atoms in total. The zero-order chi connectivity index (χ0) is 34.1. The van der Waals surface area contributed by atoms with Crippen molar-refractivity contribution in [2.45, 2.75) is 9.79 Å². The average Bonchev–Trinajstić information content (AvgIpc) is 3.12. The highest BCUT2D eigenvalue weighted by molar-refractivity contribution is 7.91. The average molecular weight is 649 g/mol. The summed E-state index contributed by atoms with van der Waals surface area (Å²) in [6.07, 6.45) is 0. The number of rotatable bonds is 2. The molecule has 0 aliphatic rings. The minimum Gasteiger partial charge on any atom is -0.399 e. The molecule has 6 aromatic carbocycles. The lowest BCUT2D eigenvalue weighted by Crippen LogP contribution is -2.12. The summed E-state index contributed by atoms with van der Waals surface area (Å²) in [4.78, 5) is -0.187. The fraction of sp³-hybridized carbons (Fsp3) is 0. The Bertz CT molecular complexity index is 2190. The maximum absolute atomic E-state index is 15.2. The largest absolute Gasteiger partial charge is 0.399 e. The van der Waals surface area contributed by atoms with Gasteiger partial charge in [-0.15, -0.1) is 0 Å². The molecule has 0 aliphatic heterocycles. The molecule has 0 saturated heterocycles. The number of nitrogen functional groups attached to an aromatic ring is 2. The van der Waals surface area contributed by atoms with Gasteiger partial charge >= 0.3 is 0 Å². The lowest BCUT2D eigenvalue weighted by molar-refractivity contribution is 0.595. The van der Waals surface area contributed by atoms with Crippen molar-refractivity contribution < 1.29 is 8.42 Å².